The van der Waals surface area contributed by atoms with Gasteiger partial charge in [0.2, 0.25) is 0 Å². The molecule has 2 aromatic rings. The van der Waals surface area contributed by atoms with Gasteiger partial charge in [-0.3, -0.25) is 4.99 Å². The number of nitrogens with zero attached hydrogens (tertiary/aromatic N) is 1. The predicted molar refractivity (Wildman–Crippen MR) is 87.3 cm³/mol. The summed E-state index contributed by atoms with van der Waals surface area (Å²) in [5.74, 6) is -0.272. The molecule has 4 N–H and O–H groups in total. The summed E-state index contributed by atoms with van der Waals surface area (Å²) in [7, 11) is 0. The van der Waals surface area contributed by atoms with Crippen molar-refractivity contribution in [3.63, 3.8) is 0 Å². The molecule has 0 fully saturated rings. The Labute approximate surface area is 129 Å². The van der Waals surface area contributed by atoms with Gasteiger partial charge in [-0.05, 0) is 30.2 Å². The minimum Gasteiger partial charge on any atom is -0.386 e. The van der Waals surface area contributed by atoms with Gasteiger partial charge in [-0.2, -0.15) is 0 Å². The number of guanidine groups is 1. The average molecular weight is 301 g/mol. The maximum atomic E-state index is 13.5. The molecule has 2 rings (SSSR count). The van der Waals surface area contributed by atoms with Crippen LogP contribution >= 0.6 is 0 Å². The molecule has 1 unspecified atom stereocenters. The van der Waals surface area contributed by atoms with Crippen molar-refractivity contribution in [1.29, 1.82) is 0 Å². The van der Waals surface area contributed by atoms with Crippen LogP contribution in [0.3, 0.4) is 0 Å². The topological polar surface area (TPSA) is 70.6 Å². The number of halogens is 1. The first-order valence-electron chi connectivity index (χ1n) is 7.18. The summed E-state index contributed by atoms with van der Waals surface area (Å²) in [4.78, 5) is 4.05. The molecule has 0 aliphatic rings. The molecular formula is C17H20FN3O. The van der Waals surface area contributed by atoms with E-state index in [0.717, 1.165) is 12.1 Å². The lowest BCUT2D eigenvalue weighted by Gasteiger charge is -2.11. The summed E-state index contributed by atoms with van der Waals surface area (Å²) in [5.41, 5.74) is 8.04. The fourth-order valence-corrected chi connectivity index (χ4v) is 2.04. The molecule has 5 heteroatoms. The van der Waals surface area contributed by atoms with E-state index in [1.165, 1.54) is 17.7 Å². The molecule has 116 valence electrons. The number of aliphatic hydroxyl groups is 1. The quantitative estimate of drug-likeness (QED) is 0.587. The van der Waals surface area contributed by atoms with Crippen LogP contribution in [0.4, 0.5) is 10.1 Å². The molecule has 0 saturated heterocycles. The van der Waals surface area contributed by atoms with Crippen molar-refractivity contribution < 1.29 is 9.50 Å². The van der Waals surface area contributed by atoms with Crippen molar-refractivity contribution in [1.82, 2.24) is 0 Å². The van der Waals surface area contributed by atoms with Crippen molar-refractivity contribution in [3.05, 3.63) is 65.5 Å². The number of hydrogen-bond acceptors (Lipinski definition) is 2. The molecule has 0 radical (unpaired) electrons. The Morgan fingerprint density at radius 3 is 2.55 bits per heavy atom. The van der Waals surface area contributed by atoms with Crippen molar-refractivity contribution in [3.8, 4) is 0 Å². The van der Waals surface area contributed by atoms with E-state index in [1.54, 1.807) is 12.1 Å². The zero-order valence-corrected chi connectivity index (χ0v) is 12.5. The van der Waals surface area contributed by atoms with Crippen LogP contribution in [-0.2, 0) is 6.42 Å². The second-order valence-corrected chi connectivity index (χ2v) is 4.94. The van der Waals surface area contributed by atoms with E-state index in [0.29, 0.717) is 0 Å². The Bertz CT molecular complexity index is 641. The lowest BCUT2D eigenvalue weighted by molar-refractivity contribution is 0.182. The fraction of sp³-hybridized carbons (Fsp3) is 0.235. The summed E-state index contributed by atoms with van der Waals surface area (Å²) in [5, 5.41) is 12.9. The number of anilines is 1. The highest BCUT2D eigenvalue weighted by Crippen LogP contribution is 2.16. The fourth-order valence-electron chi connectivity index (χ4n) is 2.04. The van der Waals surface area contributed by atoms with E-state index in [2.05, 4.69) is 17.2 Å². The molecule has 0 aliphatic carbocycles. The summed E-state index contributed by atoms with van der Waals surface area (Å²) in [6.45, 7) is 2.08. The molecule has 1 atom stereocenters. The van der Waals surface area contributed by atoms with Gasteiger partial charge >= 0.3 is 0 Å². The zero-order chi connectivity index (χ0) is 15.9. The second-order valence-electron chi connectivity index (χ2n) is 4.94. The SMILES string of the molecule is CCc1ccc(NC(N)=NCC(O)c2ccccc2F)cc1. The number of aryl methyl sites for hydroxylation is 1. The van der Waals surface area contributed by atoms with Gasteiger partial charge in [0.25, 0.3) is 0 Å². The van der Waals surface area contributed by atoms with Gasteiger partial charge in [-0.15, -0.1) is 0 Å². The summed E-state index contributed by atoms with van der Waals surface area (Å²) < 4.78 is 13.5. The van der Waals surface area contributed by atoms with Gasteiger partial charge < -0.3 is 16.2 Å². The molecule has 0 saturated carbocycles. The van der Waals surface area contributed by atoms with Crippen molar-refractivity contribution in [2.75, 3.05) is 11.9 Å². The van der Waals surface area contributed by atoms with E-state index in [1.807, 2.05) is 24.3 Å². The van der Waals surface area contributed by atoms with Crippen molar-refractivity contribution in [2.45, 2.75) is 19.4 Å². The molecule has 0 aliphatic heterocycles. The number of benzene rings is 2. The third-order valence-corrected chi connectivity index (χ3v) is 3.33. The van der Waals surface area contributed by atoms with Crippen LogP contribution in [0.25, 0.3) is 0 Å². The van der Waals surface area contributed by atoms with Gasteiger partial charge in [0.1, 0.15) is 11.9 Å². The first-order valence-corrected chi connectivity index (χ1v) is 7.18. The third-order valence-electron chi connectivity index (χ3n) is 3.33. The molecule has 22 heavy (non-hydrogen) atoms. The van der Waals surface area contributed by atoms with E-state index in [-0.39, 0.29) is 18.1 Å². The Hall–Kier alpha value is -2.40. The minimum absolute atomic E-state index is 0.00713. The molecule has 4 nitrogen and oxygen atoms in total. The maximum Gasteiger partial charge on any atom is 0.193 e. The van der Waals surface area contributed by atoms with Gasteiger partial charge in [0, 0.05) is 11.3 Å². The largest absolute Gasteiger partial charge is 0.386 e. The predicted octanol–water partition coefficient (Wildman–Crippen LogP) is 2.85. The molecule has 2 aromatic carbocycles. The van der Waals surface area contributed by atoms with Gasteiger partial charge in [0.15, 0.2) is 5.96 Å². The van der Waals surface area contributed by atoms with E-state index in [4.69, 9.17) is 5.73 Å². The highest BCUT2D eigenvalue weighted by Gasteiger charge is 2.11. The number of nitrogens with one attached hydrogen (secondary N) is 1. The van der Waals surface area contributed by atoms with Crippen molar-refractivity contribution >= 4 is 11.6 Å². The first kappa shape index (κ1) is 16.0. The van der Waals surface area contributed by atoms with Gasteiger partial charge in [-0.25, -0.2) is 4.39 Å². The minimum atomic E-state index is -1.02. The van der Waals surface area contributed by atoms with Gasteiger partial charge in [-0.1, -0.05) is 37.3 Å². The van der Waals surface area contributed by atoms with Crippen molar-refractivity contribution in [2.24, 2.45) is 10.7 Å². The number of nitrogens with two attached hydrogens (primary N) is 1. The average Bonchev–Trinajstić information content (AvgIpc) is 2.54. The smallest absolute Gasteiger partial charge is 0.193 e. The van der Waals surface area contributed by atoms with E-state index < -0.39 is 11.9 Å². The number of aliphatic hydroxyl groups excluding tert-OH is 1. The zero-order valence-electron chi connectivity index (χ0n) is 12.5. The monoisotopic (exact) mass is 301 g/mol. The number of aliphatic imine (C=N–C) groups is 1. The Morgan fingerprint density at radius 1 is 1.23 bits per heavy atom. The highest BCUT2D eigenvalue weighted by molar-refractivity contribution is 5.92. The Morgan fingerprint density at radius 2 is 1.91 bits per heavy atom. The third kappa shape index (κ3) is 4.30. The highest BCUT2D eigenvalue weighted by atomic mass is 19.1. The van der Waals surface area contributed by atoms with Crippen LogP contribution in [0.1, 0.15) is 24.2 Å². The van der Waals surface area contributed by atoms with Crippen LogP contribution in [0.15, 0.2) is 53.5 Å². The van der Waals surface area contributed by atoms with Crippen LogP contribution in [0.5, 0.6) is 0 Å². The van der Waals surface area contributed by atoms with E-state index >= 15 is 0 Å². The molecule has 0 amide bonds. The summed E-state index contributed by atoms with van der Waals surface area (Å²) in [6, 6.07) is 13.9. The second kappa shape index (κ2) is 7.56. The number of hydrogen-bond donors (Lipinski definition) is 3. The molecule has 0 aromatic heterocycles. The molecule has 0 spiro atoms. The van der Waals surface area contributed by atoms with Gasteiger partial charge in [0.05, 0.1) is 6.54 Å². The lowest BCUT2D eigenvalue weighted by atomic mass is 10.1. The first-order chi connectivity index (χ1) is 10.6. The summed E-state index contributed by atoms with van der Waals surface area (Å²) in [6.07, 6.45) is -0.0531. The lowest BCUT2D eigenvalue weighted by Crippen LogP contribution is -2.23. The van der Waals surface area contributed by atoms with Crippen LogP contribution in [-0.4, -0.2) is 17.6 Å². The van der Waals surface area contributed by atoms with Crippen LogP contribution < -0.4 is 11.1 Å². The molecule has 0 heterocycles. The van der Waals surface area contributed by atoms with E-state index in [9.17, 15) is 9.50 Å². The molecule has 0 bridgehead atoms. The Balaban J connectivity index is 1.95. The van der Waals surface area contributed by atoms with Crippen LogP contribution in [0.2, 0.25) is 0 Å². The van der Waals surface area contributed by atoms with Crippen LogP contribution in [0, 0.1) is 5.82 Å². The number of rotatable bonds is 5. The maximum absolute atomic E-state index is 13.5. The Kier molecular flexibility index (Phi) is 5.49. The standard InChI is InChI=1S/C17H20FN3O/c1-2-12-7-9-13(10-8-12)21-17(19)20-11-16(22)14-5-3-4-6-15(14)18/h3-10,16,22H,2,11H2,1H3,(H3,19,20,21). The normalized spacial score (nSPS) is 13.0. The molecular weight excluding hydrogens is 281 g/mol. The summed E-state index contributed by atoms with van der Waals surface area (Å²) >= 11 is 0.